The first-order valence-corrected chi connectivity index (χ1v) is 4.98. The number of alkyl halides is 1. The minimum absolute atomic E-state index is 0.271. The van der Waals surface area contributed by atoms with Crippen LogP contribution in [0.3, 0.4) is 0 Å². The summed E-state index contributed by atoms with van der Waals surface area (Å²) in [4.78, 5) is 0. The Morgan fingerprint density at radius 2 is 2.27 bits per heavy atom. The summed E-state index contributed by atoms with van der Waals surface area (Å²) < 4.78 is 14.9. The maximum absolute atomic E-state index is 13.5. The Morgan fingerprint density at radius 1 is 1.47 bits per heavy atom. The molecule has 1 aromatic heterocycles. The van der Waals surface area contributed by atoms with Crippen LogP contribution in [0.4, 0.5) is 4.39 Å². The predicted molar refractivity (Wildman–Crippen MR) is 55.6 cm³/mol. The summed E-state index contributed by atoms with van der Waals surface area (Å²) in [6.45, 7) is 1.83. The van der Waals surface area contributed by atoms with Crippen molar-refractivity contribution in [3.8, 4) is 5.69 Å². The zero-order chi connectivity index (χ0) is 10.8. The lowest BCUT2D eigenvalue weighted by Crippen LogP contribution is -1.98. The fourth-order valence-corrected chi connectivity index (χ4v) is 1.40. The Balaban J connectivity index is 2.44. The average Bonchev–Trinajstić information content (AvgIpc) is 2.66. The van der Waals surface area contributed by atoms with Crippen molar-refractivity contribution >= 4 is 11.6 Å². The van der Waals surface area contributed by atoms with Crippen LogP contribution >= 0.6 is 11.6 Å². The highest BCUT2D eigenvalue weighted by molar-refractivity contribution is 6.16. The number of benzene rings is 1. The molecule has 0 spiro atoms. The number of aryl methyl sites for hydroxylation is 1. The van der Waals surface area contributed by atoms with Gasteiger partial charge >= 0.3 is 0 Å². The second-order valence-corrected chi connectivity index (χ2v) is 3.51. The van der Waals surface area contributed by atoms with Crippen LogP contribution in [0, 0.1) is 12.7 Å². The molecule has 5 heteroatoms. The van der Waals surface area contributed by atoms with Crippen molar-refractivity contribution in [2.75, 3.05) is 0 Å². The van der Waals surface area contributed by atoms with Crippen LogP contribution in [-0.2, 0) is 5.88 Å². The van der Waals surface area contributed by atoms with Crippen LogP contribution < -0.4 is 0 Å². The molecule has 0 fully saturated rings. The first kappa shape index (κ1) is 10.1. The molecule has 0 amide bonds. The number of rotatable bonds is 2. The second-order valence-electron chi connectivity index (χ2n) is 3.24. The molecule has 1 aromatic carbocycles. The van der Waals surface area contributed by atoms with Gasteiger partial charge in [-0.2, -0.15) is 0 Å². The molecule has 0 radical (unpaired) electrons. The smallest absolute Gasteiger partial charge is 0.149 e. The van der Waals surface area contributed by atoms with Gasteiger partial charge in [0, 0.05) is 0 Å². The Kier molecular flexibility index (Phi) is 2.68. The molecule has 15 heavy (non-hydrogen) atoms. The van der Waals surface area contributed by atoms with Gasteiger partial charge in [0.05, 0.1) is 17.8 Å². The van der Waals surface area contributed by atoms with Gasteiger partial charge in [-0.25, -0.2) is 9.07 Å². The Morgan fingerprint density at radius 3 is 2.87 bits per heavy atom. The molecule has 0 saturated heterocycles. The minimum atomic E-state index is -0.318. The van der Waals surface area contributed by atoms with E-state index in [4.69, 9.17) is 11.6 Å². The van der Waals surface area contributed by atoms with Crippen molar-refractivity contribution in [3.05, 3.63) is 41.5 Å². The van der Waals surface area contributed by atoms with Crippen molar-refractivity contribution in [1.82, 2.24) is 15.0 Å². The fraction of sp³-hybridized carbons (Fsp3) is 0.200. The van der Waals surface area contributed by atoms with Gasteiger partial charge < -0.3 is 0 Å². The quantitative estimate of drug-likeness (QED) is 0.735. The maximum Gasteiger partial charge on any atom is 0.149 e. The lowest BCUT2D eigenvalue weighted by atomic mass is 10.2. The number of hydrogen-bond donors (Lipinski definition) is 0. The molecule has 2 rings (SSSR count). The molecule has 1 heterocycles. The van der Waals surface area contributed by atoms with Crippen molar-refractivity contribution in [2.45, 2.75) is 12.8 Å². The summed E-state index contributed by atoms with van der Waals surface area (Å²) >= 11 is 5.58. The molecular formula is C10H9ClFN3. The topological polar surface area (TPSA) is 30.7 Å². The third-order valence-electron chi connectivity index (χ3n) is 2.03. The van der Waals surface area contributed by atoms with Gasteiger partial charge in [0.1, 0.15) is 11.5 Å². The van der Waals surface area contributed by atoms with Gasteiger partial charge in [-0.3, -0.25) is 0 Å². The molecule has 0 unspecified atom stereocenters. The Bertz CT molecular complexity index is 481. The van der Waals surface area contributed by atoms with E-state index < -0.39 is 0 Å². The summed E-state index contributed by atoms with van der Waals surface area (Å²) in [7, 11) is 0. The zero-order valence-electron chi connectivity index (χ0n) is 8.11. The van der Waals surface area contributed by atoms with E-state index in [0.29, 0.717) is 11.4 Å². The molecular weight excluding hydrogens is 217 g/mol. The van der Waals surface area contributed by atoms with Crippen LogP contribution in [0.5, 0.6) is 0 Å². The van der Waals surface area contributed by atoms with Gasteiger partial charge in [-0.05, 0) is 24.6 Å². The maximum atomic E-state index is 13.5. The van der Waals surface area contributed by atoms with Crippen molar-refractivity contribution in [1.29, 1.82) is 0 Å². The third-order valence-corrected chi connectivity index (χ3v) is 2.30. The van der Waals surface area contributed by atoms with Crippen molar-refractivity contribution < 1.29 is 4.39 Å². The normalized spacial score (nSPS) is 10.6. The van der Waals surface area contributed by atoms with E-state index in [-0.39, 0.29) is 11.7 Å². The zero-order valence-corrected chi connectivity index (χ0v) is 8.87. The van der Waals surface area contributed by atoms with E-state index in [0.717, 1.165) is 5.56 Å². The summed E-state index contributed by atoms with van der Waals surface area (Å²) in [5.74, 6) is -0.0472. The molecule has 3 nitrogen and oxygen atoms in total. The monoisotopic (exact) mass is 225 g/mol. The summed E-state index contributed by atoms with van der Waals surface area (Å²) in [5.41, 5.74) is 1.87. The lowest BCUT2D eigenvalue weighted by molar-refractivity contribution is 0.606. The van der Waals surface area contributed by atoms with Gasteiger partial charge in [-0.15, -0.1) is 16.7 Å². The molecule has 0 aliphatic heterocycles. The number of halogens is 2. The van der Waals surface area contributed by atoms with Gasteiger partial charge in [0.15, 0.2) is 0 Å². The number of aromatic nitrogens is 3. The van der Waals surface area contributed by atoms with Crippen molar-refractivity contribution in [2.24, 2.45) is 0 Å². The highest BCUT2D eigenvalue weighted by Crippen LogP contribution is 2.14. The standard InChI is InChI=1S/C10H9ClFN3/c1-7-2-3-10(9(12)4-7)15-6-8(5-11)13-14-15/h2-4,6H,5H2,1H3. The first-order valence-electron chi connectivity index (χ1n) is 4.44. The van der Waals surface area contributed by atoms with Gasteiger partial charge in [-0.1, -0.05) is 11.3 Å². The van der Waals surface area contributed by atoms with Crippen LogP contribution in [0.25, 0.3) is 5.69 Å². The van der Waals surface area contributed by atoms with Crippen LogP contribution in [0.15, 0.2) is 24.4 Å². The summed E-state index contributed by atoms with van der Waals surface area (Å²) in [6, 6.07) is 4.94. The molecule has 0 N–H and O–H groups in total. The first-order chi connectivity index (χ1) is 7.20. The summed E-state index contributed by atoms with van der Waals surface area (Å²) in [6.07, 6.45) is 1.61. The molecule has 78 valence electrons. The fourth-order valence-electron chi connectivity index (χ4n) is 1.28. The number of hydrogen-bond acceptors (Lipinski definition) is 2. The molecule has 0 saturated carbocycles. The predicted octanol–water partition coefficient (Wildman–Crippen LogP) is 2.45. The Hall–Kier alpha value is -1.42. The Labute approximate surface area is 91.5 Å². The van der Waals surface area contributed by atoms with Crippen LogP contribution in [0.1, 0.15) is 11.3 Å². The van der Waals surface area contributed by atoms with E-state index in [1.165, 1.54) is 10.7 Å². The molecule has 2 aromatic rings. The molecule has 0 bridgehead atoms. The van der Waals surface area contributed by atoms with Gasteiger partial charge in [0.25, 0.3) is 0 Å². The van der Waals surface area contributed by atoms with E-state index in [1.807, 2.05) is 13.0 Å². The molecule has 0 aliphatic rings. The van der Waals surface area contributed by atoms with Crippen molar-refractivity contribution in [3.63, 3.8) is 0 Å². The van der Waals surface area contributed by atoms with E-state index in [2.05, 4.69) is 10.3 Å². The minimum Gasteiger partial charge on any atom is -0.217 e. The van der Waals surface area contributed by atoms with E-state index in [1.54, 1.807) is 12.3 Å². The average molecular weight is 226 g/mol. The van der Waals surface area contributed by atoms with E-state index >= 15 is 0 Å². The van der Waals surface area contributed by atoms with Crippen LogP contribution in [0.2, 0.25) is 0 Å². The van der Waals surface area contributed by atoms with E-state index in [9.17, 15) is 4.39 Å². The largest absolute Gasteiger partial charge is 0.217 e. The highest BCUT2D eigenvalue weighted by atomic mass is 35.5. The SMILES string of the molecule is Cc1ccc(-n2cc(CCl)nn2)c(F)c1. The third kappa shape index (κ3) is 1.99. The lowest BCUT2D eigenvalue weighted by Gasteiger charge is -2.02. The molecule has 0 atom stereocenters. The van der Waals surface area contributed by atoms with Gasteiger partial charge in [0.2, 0.25) is 0 Å². The highest BCUT2D eigenvalue weighted by Gasteiger charge is 2.06. The number of nitrogens with zero attached hydrogens (tertiary/aromatic N) is 3. The molecule has 0 aliphatic carbocycles. The summed E-state index contributed by atoms with van der Waals surface area (Å²) in [5, 5.41) is 7.58. The second kappa shape index (κ2) is 3.98. The van der Waals surface area contributed by atoms with Crippen LogP contribution in [-0.4, -0.2) is 15.0 Å².